The van der Waals surface area contributed by atoms with Crippen LogP contribution < -0.4 is 0 Å². The van der Waals surface area contributed by atoms with Gasteiger partial charge in [-0.3, -0.25) is 4.79 Å². The lowest BCUT2D eigenvalue weighted by atomic mass is 10.2. The lowest BCUT2D eigenvalue weighted by Gasteiger charge is -2.12. The van der Waals surface area contributed by atoms with Crippen molar-refractivity contribution in [1.82, 2.24) is 14.8 Å². The highest BCUT2D eigenvalue weighted by Gasteiger charge is 2.16. The molecule has 0 spiro atoms. The molecule has 0 saturated carbocycles. The first-order valence-corrected chi connectivity index (χ1v) is 8.29. The lowest BCUT2D eigenvalue weighted by molar-refractivity contribution is -0.133. The third-order valence-electron chi connectivity index (χ3n) is 2.69. The number of hydrogen-bond acceptors (Lipinski definition) is 4. The van der Waals surface area contributed by atoms with Crippen LogP contribution in [0.1, 0.15) is 13.8 Å². The topological polar surface area (TPSA) is 68.0 Å². The van der Waals surface area contributed by atoms with Crippen molar-refractivity contribution >= 4 is 33.7 Å². The van der Waals surface area contributed by atoms with Gasteiger partial charge in [0, 0.05) is 16.6 Å². The minimum atomic E-state index is -0.857. The summed E-state index contributed by atoms with van der Waals surface area (Å²) in [6, 6.07) is 7.84. The average Bonchev–Trinajstić information content (AvgIpc) is 2.79. The van der Waals surface area contributed by atoms with E-state index in [0.29, 0.717) is 11.1 Å². The maximum absolute atomic E-state index is 10.7. The molecule has 0 aliphatic heterocycles. The first kappa shape index (κ1) is 16.0. The van der Waals surface area contributed by atoms with Crippen molar-refractivity contribution in [1.29, 1.82) is 0 Å². The van der Waals surface area contributed by atoms with E-state index in [2.05, 4.69) is 40.0 Å². The smallest absolute Gasteiger partial charge is 0.313 e. The quantitative estimate of drug-likeness (QED) is 0.788. The summed E-state index contributed by atoms with van der Waals surface area (Å²) in [4.78, 5) is 10.7. The second-order valence-electron chi connectivity index (χ2n) is 5.00. The van der Waals surface area contributed by atoms with Gasteiger partial charge in [0.2, 0.25) is 0 Å². The molecular weight excluding hydrogens is 354 g/mol. The van der Waals surface area contributed by atoms with Crippen LogP contribution in [-0.4, -0.2) is 31.6 Å². The summed E-state index contributed by atoms with van der Waals surface area (Å²) in [5.41, 5.74) is 0.966. The first-order chi connectivity index (χ1) is 9.97. The van der Waals surface area contributed by atoms with Gasteiger partial charge in [0.1, 0.15) is 0 Å². The fraction of sp³-hybridized carbons (Fsp3) is 0.357. The van der Waals surface area contributed by atoms with Gasteiger partial charge < -0.3 is 9.67 Å². The molecule has 21 heavy (non-hydrogen) atoms. The molecule has 0 amide bonds. The number of aliphatic carboxylic acids is 1. The molecule has 0 saturated heterocycles. The van der Waals surface area contributed by atoms with Crippen molar-refractivity contribution in [2.24, 2.45) is 5.92 Å². The molecule has 1 heterocycles. The van der Waals surface area contributed by atoms with Crippen LogP contribution in [0.25, 0.3) is 11.4 Å². The van der Waals surface area contributed by atoms with Gasteiger partial charge in [-0.05, 0) is 18.1 Å². The molecule has 5 nitrogen and oxygen atoms in total. The summed E-state index contributed by atoms with van der Waals surface area (Å²) in [5, 5.41) is 17.8. The first-order valence-electron chi connectivity index (χ1n) is 6.51. The zero-order chi connectivity index (χ0) is 15.4. The highest BCUT2D eigenvalue weighted by atomic mass is 79.9. The predicted molar refractivity (Wildman–Crippen MR) is 86.4 cm³/mol. The molecule has 1 aromatic heterocycles. The van der Waals surface area contributed by atoms with Gasteiger partial charge in [0.25, 0.3) is 0 Å². The van der Waals surface area contributed by atoms with Crippen LogP contribution in [0.3, 0.4) is 0 Å². The molecule has 1 N–H and O–H groups in total. The number of hydrogen-bond donors (Lipinski definition) is 1. The molecule has 1 aromatic carbocycles. The van der Waals surface area contributed by atoms with E-state index in [0.717, 1.165) is 22.4 Å². The van der Waals surface area contributed by atoms with E-state index in [-0.39, 0.29) is 5.75 Å². The van der Waals surface area contributed by atoms with Crippen LogP contribution >= 0.6 is 27.7 Å². The molecule has 112 valence electrons. The van der Waals surface area contributed by atoms with Crippen molar-refractivity contribution < 1.29 is 9.90 Å². The Hall–Kier alpha value is -1.34. The Morgan fingerprint density at radius 1 is 1.33 bits per heavy atom. The normalized spacial score (nSPS) is 11.0. The summed E-state index contributed by atoms with van der Waals surface area (Å²) >= 11 is 4.61. The van der Waals surface area contributed by atoms with E-state index in [4.69, 9.17) is 5.11 Å². The Bertz CT molecular complexity index is 626. The van der Waals surface area contributed by atoms with Crippen LogP contribution in [0.2, 0.25) is 0 Å². The van der Waals surface area contributed by atoms with Gasteiger partial charge in [-0.15, -0.1) is 10.2 Å². The molecule has 0 atom stereocenters. The number of halogens is 1. The van der Waals surface area contributed by atoms with Gasteiger partial charge in [-0.2, -0.15) is 0 Å². The molecule has 0 aliphatic rings. The third-order valence-corrected chi connectivity index (χ3v) is 4.17. The van der Waals surface area contributed by atoms with Crippen molar-refractivity contribution in [3.63, 3.8) is 0 Å². The molecule has 0 fully saturated rings. The van der Waals surface area contributed by atoms with E-state index >= 15 is 0 Å². The van der Waals surface area contributed by atoms with E-state index in [1.165, 1.54) is 11.8 Å². The zero-order valence-electron chi connectivity index (χ0n) is 11.8. The van der Waals surface area contributed by atoms with Gasteiger partial charge in [0.15, 0.2) is 11.0 Å². The minimum absolute atomic E-state index is 0.0173. The summed E-state index contributed by atoms with van der Waals surface area (Å²) in [6.45, 7) is 4.97. The number of aromatic nitrogens is 3. The van der Waals surface area contributed by atoms with Crippen LogP contribution in [0, 0.1) is 5.92 Å². The summed E-state index contributed by atoms with van der Waals surface area (Å²) in [7, 11) is 0. The third kappa shape index (κ3) is 4.31. The van der Waals surface area contributed by atoms with E-state index in [1.54, 1.807) is 0 Å². The number of carbonyl (C=O) groups is 1. The van der Waals surface area contributed by atoms with Crippen molar-refractivity contribution in [2.75, 3.05) is 5.75 Å². The Morgan fingerprint density at radius 2 is 2.00 bits per heavy atom. The van der Waals surface area contributed by atoms with E-state index in [1.807, 2.05) is 28.8 Å². The number of carboxylic acids is 1. The monoisotopic (exact) mass is 369 g/mol. The zero-order valence-corrected chi connectivity index (χ0v) is 14.2. The number of rotatable bonds is 6. The van der Waals surface area contributed by atoms with E-state index < -0.39 is 5.97 Å². The second-order valence-corrected chi connectivity index (χ2v) is 6.86. The van der Waals surface area contributed by atoms with Gasteiger partial charge in [-0.25, -0.2) is 0 Å². The van der Waals surface area contributed by atoms with Gasteiger partial charge in [-0.1, -0.05) is 53.7 Å². The number of carboxylic acid groups (broad SMARTS) is 1. The Balaban J connectivity index is 2.35. The fourth-order valence-corrected chi connectivity index (χ4v) is 2.80. The Kier molecular flexibility index (Phi) is 5.41. The number of benzene rings is 1. The lowest BCUT2D eigenvalue weighted by Crippen LogP contribution is -2.09. The maximum atomic E-state index is 10.7. The summed E-state index contributed by atoms with van der Waals surface area (Å²) in [6.07, 6.45) is 0. The van der Waals surface area contributed by atoms with Crippen LogP contribution in [0.4, 0.5) is 0 Å². The molecule has 0 radical (unpaired) electrons. The molecule has 0 unspecified atom stereocenters. The van der Waals surface area contributed by atoms with Gasteiger partial charge in [0.05, 0.1) is 5.75 Å². The summed E-state index contributed by atoms with van der Waals surface area (Å²) in [5.74, 6) is 0.309. The highest BCUT2D eigenvalue weighted by molar-refractivity contribution is 9.10. The van der Waals surface area contributed by atoms with Crippen molar-refractivity contribution in [3.8, 4) is 11.4 Å². The van der Waals surface area contributed by atoms with Crippen LogP contribution in [0.5, 0.6) is 0 Å². The minimum Gasteiger partial charge on any atom is -0.481 e. The highest BCUT2D eigenvalue weighted by Crippen LogP contribution is 2.26. The summed E-state index contributed by atoms with van der Waals surface area (Å²) < 4.78 is 2.99. The molecule has 7 heteroatoms. The molecular formula is C14H16BrN3O2S. The second kappa shape index (κ2) is 7.09. The van der Waals surface area contributed by atoms with Crippen LogP contribution in [0.15, 0.2) is 33.9 Å². The fourth-order valence-electron chi connectivity index (χ4n) is 1.86. The molecule has 2 aromatic rings. The van der Waals surface area contributed by atoms with E-state index in [9.17, 15) is 4.79 Å². The van der Waals surface area contributed by atoms with Crippen LogP contribution in [-0.2, 0) is 11.3 Å². The SMILES string of the molecule is CC(C)Cn1c(SCC(=O)O)nnc1-c1ccc(Br)cc1. The molecule has 2 rings (SSSR count). The largest absolute Gasteiger partial charge is 0.481 e. The predicted octanol–water partition coefficient (Wildman–Crippen LogP) is 3.54. The molecule has 0 aliphatic carbocycles. The number of nitrogens with zero attached hydrogens (tertiary/aromatic N) is 3. The van der Waals surface area contributed by atoms with Crippen molar-refractivity contribution in [2.45, 2.75) is 25.5 Å². The molecule has 0 bridgehead atoms. The maximum Gasteiger partial charge on any atom is 0.313 e. The van der Waals surface area contributed by atoms with Gasteiger partial charge >= 0.3 is 5.97 Å². The average molecular weight is 370 g/mol. The Labute approximate surface area is 135 Å². The standard InChI is InChI=1S/C14H16BrN3O2S/c1-9(2)7-18-13(10-3-5-11(15)6-4-10)16-17-14(18)21-8-12(19)20/h3-6,9H,7-8H2,1-2H3,(H,19,20). The number of thioether (sulfide) groups is 1. The van der Waals surface area contributed by atoms with Crippen molar-refractivity contribution in [3.05, 3.63) is 28.7 Å². The Morgan fingerprint density at radius 3 is 2.57 bits per heavy atom.